The van der Waals surface area contributed by atoms with E-state index in [0.717, 1.165) is 29.5 Å². The van der Waals surface area contributed by atoms with Crippen LogP contribution in [0.1, 0.15) is 22.8 Å². The van der Waals surface area contributed by atoms with Crippen molar-refractivity contribution in [3.63, 3.8) is 0 Å². The average molecular weight is 319 g/mol. The largest absolute Gasteiger partial charge is 0.367 e. The molecule has 1 aromatic heterocycles. The fraction of sp³-hybridized carbons (Fsp3) is 0.200. The van der Waals surface area contributed by atoms with Gasteiger partial charge in [-0.15, -0.1) is 0 Å². The number of benzene rings is 1. The minimum atomic E-state index is 0.699. The third-order valence-electron chi connectivity index (χ3n) is 2.96. The summed E-state index contributed by atoms with van der Waals surface area (Å²) in [7, 11) is 0. The number of nitrogens with zero attached hydrogens (tertiary/aromatic N) is 2. The van der Waals surface area contributed by atoms with Gasteiger partial charge < -0.3 is 4.90 Å². The number of carbonyl (C=O) groups is 1. The highest BCUT2D eigenvalue weighted by molar-refractivity contribution is 9.10. The van der Waals surface area contributed by atoms with Gasteiger partial charge in [0.2, 0.25) is 0 Å². The topological polar surface area (TPSA) is 33.2 Å². The van der Waals surface area contributed by atoms with Crippen molar-refractivity contribution in [2.24, 2.45) is 0 Å². The molecule has 0 aliphatic heterocycles. The van der Waals surface area contributed by atoms with E-state index in [2.05, 4.69) is 32.7 Å². The maximum atomic E-state index is 11.2. The number of hydrogen-bond donors (Lipinski definition) is 0. The van der Waals surface area contributed by atoms with Crippen LogP contribution in [0.5, 0.6) is 0 Å². The number of anilines is 1. The van der Waals surface area contributed by atoms with Crippen LogP contribution < -0.4 is 4.90 Å². The molecular formula is C15H15BrN2O. The highest BCUT2D eigenvalue weighted by atomic mass is 79.9. The Morgan fingerprint density at radius 3 is 2.63 bits per heavy atom. The Balaban J connectivity index is 2.29. The van der Waals surface area contributed by atoms with Gasteiger partial charge in [-0.25, -0.2) is 0 Å². The number of aldehydes is 1. The highest BCUT2D eigenvalue weighted by Crippen LogP contribution is 2.24. The normalized spacial score (nSPS) is 10.2. The maximum Gasteiger partial charge on any atom is 0.152 e. The van der Waals surface area contributed by atoms with E-state index in [1.54, 1.807) is 12.4 Å². The van der Waals surface area contributed by atoms with Crippen LogP contribution in [0.15, 0.2) is 47.2 Å². The molecule has 0 fully saturated rings. The minimum absolute atomic E-state index is 0.699. The molecule has 0 bridgehead atoms. The molecule has 0 radical (unpaired) electrons. The third kappa shape index (κ3) is 3.41. The van der Waals surface area contributed by atoms with Crippen molar-refractivity contribution in [2.75, 3.05) is 11.4 Å². The van der Waals surface area contributed by atoms with Gasteiger partial charge in [-0.2, -0.15) is 0 Å². The van der Waals surface area contributed by atoms with Crippen LogP contribution in [-0.2, 0) is 6.54 Å². The molecule has 2 rings (SSSR count). The molecule has 0 spiro atoms. The molecule has 3 nitrogen and oxygen atoms in total. The van der Waals surface area contributed by atoms with Gasteiger partial charge in [-0.05, 0) is 42.8 Å². The molecular weight excluding hydrogens is 304 g/mol. The Morgan fingerprint density at radius 1 is 1.26 bits per heavy atom. The summed E-state index contributed by atoms with van der Waals surface area (Å²) >= 11 is 3.39. The molecule has 0 N–H and O–H groups in total. The van der Waals surface area contributed by atoms with Crippen LogP contribution in [0.4, 0.5) is 5.69 Å². The summed E-state index contributed by atoms with van der Waals surface area (Å²) < 4.78 is 0.915. The van der Waals surface area contributed by atoms with E-state index in [4.69, 9.17) is 0 Å². The standard InChI is InChI=1S/C15H15BrN2O/c1-2-18(10-12-5-7-17-8-6-12)15-4-3-14(16)9-13(15)11-19/h3-9,11H,2,10H2,1H3. The summed E-state index contributed by atoms with van der Waals surface area (Å²) in [6.45, 7) is 3.68. The Kier molecular flexibility index (Phi) is 4.68. The highest BCUT2D eigenvalue weighted by Gasteiger charge is 2.10. The predicted molar refractivity (Wildman–Crippen MR) is 80.5 cm³/mol. The average Bonchev–Trinajstić information content (AvgIpc) is 2.46. The Hall–Kier alpha value is -1.68. The maximum absolute atomic E-state index is 11.2. The smallest absolute Gasteiger partial charge is 0.152 e. The van der Waals surface area contributed by atoms with Crippen molar-refractivity contribution < 1.29 is 4.79 Å². The molecule has 0 aliphatic rings. The van der Waals surface area contributed by atoms with E-state index in [1.165, 1.54) is 5.56 Å². The number of pyridine rings is 1. The van der Waals surface area contributed by atoms with Crippen molar-refractivity contribution in [1.82, 2.24) is 4.98 Å². The summed E-state index contributed by atoms with van der Waals surface area (Å²) in [4.78, 5) is 17.4. The van der Waals surface area contributed by atoms with Gasteiger partial charge in [0, 0.05) is 41.2 Å². The number of carbonyl (C=O) groups excluding carboxylic acids is 1. The second-order valence-corrected chi connectivity index (χ2v) is 5.11. The van der Waals surface area contributed by atoms with E-state index in [-0.39, 0.29) is 0 Å². The quantitative estimate of drug-likeness (QED) is 0.788. The second kappa shape index (κ2) is 6.48. The molecule has 1 heterocycles. The summed E-state index contributed by atoms with van der Waals surface area (Å²) in [6, 6.07) is 9.75. The van der Waals surface area contributed by atoms with Crippen molar-refractivity contribution in [3.8, 4) is 0 Å². The van der Waals surface area contributed by atoms with Crippen LogP contribution in [0.3, 0.4) is 0 Å². The van der Waals surface area contributed by atoms with Gasteiger partial charge in [0.1, 0.15) is 0 Å². The third-order valence-corrected chi connectivity index (χ3v) is 3.45. The SMILES string of the molecule is CCN(Cc1ccncc1)c1ccc(Br)cc1C=O. The van der Waals surface area contributed by atoms with Crippen molar-refractivity contribution in [3.05, 3.63) is 58.3 Å². The Bertz CT molecular complexity index is 557. The van der Waals surface area contributed by atoms with Gasteiger partial charge in [0.15, 0.2) is 6.29 Å². The van der Waals surface area contributed by atoms with Gasteiger partial charge in [-0.1, -0.05) is 15.9 Å². The fourth-order valence-corrected chi connectivity index (χ4v) is 2.36. The molecule has 0 unspecified atom stereocenters. The monoisotopic (exact) mass is 318 g/mol. The van der Waals surface area contributed by atoms with Crippen molar-refractivity contribution >= 4 is 27.9 Å². The summed E-state index contributed by atoms with van der Waals surface area (Å²) in [6.07, 6.45) is 4.46. The Morgan fingerprint density at radius 2 is 2.00 bits per heavy atom. The van der Waals surface area contributed by atoms with E-state index >= 15 is 0 Å². The molecule has 0 amide bonds. The van der Waals surface area contributed by atoms with E-state index in [1.807, 2.05) is 30.3 Å². The summed E-state index contributed by atoms with van der Waals surface area (Å²) in [5, 5.41) is 0. The predicted octanol–water partition coefficient (Wildman–Crippen LogP) is 3.68. The van der Waals surface area contributed by atoms with Crippen molar-refractivity contribution in [2.45, 2.75) is 13.5 Å². The molecule has 98 valence electrons. The first kappa shape index (κ1) is 13.7. The minimum Gasteiger partial charge on any atom is -0.367 e. The zero-order valence-electron chi connectivity index (χ0n) is 10.7. The van der Waals surface area contributed by atoms with Crippen LogP contribution in [-0.4, -0.2) is 17.8 Å². The summed E-state index contributed by atoms with van der Waals surface area (Å²) in [5.41, 5.74) is 2.83. The zero-order valence-corrected chi connectivity index (χ0v) is 12.3. The van der Waals surface area contributed by atoms with Crippen LogP contribution in [0.25, 0.3) is 0 Å². The first-order chi connectivity index (χ1) is 9.24. The number of rotatable bonds is 5. The molecule has 0 saturated heterocycles. The zero-order chi connectivity index (χ0) is 13.7. The first-order valence-electron chi connectivity index (χ1n) is 6.13. The molecule has 0 atom stereocenters. The van der Waals surface area contributed by atoms with Gasteiger partial charge in [0.05, 0.1) is 0 Å². The van der Waals surface area contributed by atoms with Gasteiger partial charge in [0.25, 0.3) is 0 Å². The van der Waals surface area contributed by atoms with Crippen molar-refractivity contribution in [1.29, 1.82) is 0 Å². The van der Waals surface area contributed by atoms with Crippen LogP contribution in [0.2, 0.25) is 0 Å². The lowest BCUT2D eigenvalue weighted by molar-refractivity contribution is 0.112. The van der Waals surface area contributed by atoms with Crippen LogP contribution >= 0.6 is 15.9 Å². The molecule has 0 saturated carbocycles. The number of halogens is 1. The lowest BCUT2D eigenvalue weighted by Gasteiger charge is -2.24. The first-order valence-corrected chi connectivity index (χ1v) is 6.92. The number of hydrogen-bond acceptors (Lipinski definition) is 3. The lowest BCUT2D eigenvalue weighted by atomic mass is 10.1. The van der Waals surface area contributed by atoms with Gasteiger partial charge in [-0.3, -0.25) is 9.78 Å². The molecule has 4 heteroatoms. The van der Waals surface area contributed by atoms with E-state index in [9.17, 15) is 4.79 Å². The fourth-order valence-electron chi connectivity index (χ4n) is 1.98. The van der Waals surface area contributed by atoms with Crippen LogP contribution in [0, 0.1) is 0 Å². The number of aromatic nitrogens is 1. The summed E-state index contributed by atoms with van der Waals surface area (Å²) in [5.74, 6) is 0. The van der Waals surface area contributed by atoms with E-state index in [0.29, 0.717) is 5.56 Å². The Labute approximate surface area is 121 Å². The molecule has 2 aromatic rings. The van der Waals surface area contributed by atoms with Gasteiger partial charge >= 0.3 is 0 Å². The second-order valence-electron chi connectivity index (χ2n) is 4.19. The lowest BCUT2D eigenvalue weighted by Crippen LogP contribution is -2.23. The molecule has 0 aliphatic carbocycles. The molecule has 19 heavy (non-hydrogen) atoms. The molecule has 1 aromatic carbocycles. The van der Waals surface area contributed by atoms with E-state index < -0.39 is 0 Å².